The normalized spacial score (nSPS) is 9.27. The second-order valence-electron chi connectivity index (χ2n) is 3.04. The number of amides is 1. The van der Waals surface area contributed by atoms with E-state index in [1.165, 1.54) is 0 Å². The molecule has 0 aromatic carbocycles. The predicted molar refractivity (Wildman–Crippen MR) is 55.9 cm³/mol. The van der Waals surface area contributed by atoms with E-state index in [0.717, 1.165) is 0 Å². The van der Waals surface area contributed by atoms with Gasteiger partial charge in [0.25, 0.3) is 0 Å². The van der Waals surface area contributed by atoms with Gasteiger partial charge in [-0.2, -0.15) is 5.26 Å². The number of carbonyl (C=O) groups excluding carboxylic acids is 1. The molecule has 0 saturated carbocycles. The lowest BCUT2D eigenvalue weighted by molar-refractivity contribution is -0.118. The lowest BCUT2D eigenvalue weighted by Gasteiger charge is -2.03. The number of hydrogen-bond donors (Lipinski definition) is 2. The fourth-order valence-corrected chi connectivity index (χ4v) is 1.08. The largest absolute Gasteiger partial charge is 0.370 e. The number of nitrogens with two attached hydrogens (primary N) is 1. The average molecular weight is 204 g/mol. The van der Waals surface area contributed by atoms with Crippen LogP contribution in [0, 0.1) is 11.3 Å². The summed E-state index contributed by atoms with van der Waals surface area (Å²) < 4.78 is 0. The van der Waals surface area contributed by atoms with Crippen LogP contribution in [0.3, 0.4) is 0 Å². The van der Waals surface area contributed by atoms with Gasteiger partial charge in [-0.3, -0.25) is 4.79 Å². The molecular formula is C10H12N4O. The Labute approximate surface area is 87.9 Å². The van der Waals surface area contributed by atoms with Crippen molar-refractivity contribution in [3.05, 3.63) is 23.9 Å². The first-order chi connectivity index (χ1) is 7.22. The molecule has 0 aliphatic heterocycles. The van der Waals surface area contributed by atoms with Crippen molar-refractivity contribution in [1.29, 1.82) is 5.26 Å². The third-order valence-electron chi connectivity index (χ3n) is 1.80. The molecule has 15 heavy (non-hydrogen) atoms. The van der Waals surface area contributed by atoms with Crippen molar-refractivity contribution in [3.8, 4) is 6.07 Å². The van der Waals surface area contributed by atoms with E-state index in [-0.39, 0.29) is 5.91 Å². The highest BCUT2D eigenvalue weighted by Gasteiger charge is 1.97. The van der Waals surface area contributed by atoms with Crippen LogP contribution in [0.15, 0.2) is 18.3 Å². The Morgan fingerprint density at radius 1 is 1.67 bits per heavy atom. The monoisotopic (exact) mass is 204 g/mol. The van der Waals surface area contributed by atoms with E-state index in [9.17, 15) is 4.79 Å². The number of hydrogen-bond acceptors (Lipinski definition) is 4. The number of rotatable bonds is 5. The van der Waals surface area contributed by atoms with E-state index in [0.29, 0.717) is 30.8 Å². The predicted octanol–water partition coefficient (Wildman–Crippen LogP) is 0.631. The quantitative estimate of drug-likeness (QED) is 0.688. The third kappa shape index (κ3) is 4.09. The minimum absolute atomic E-state index is 0.310. The SMILES string of the molecule is N#Cc1ccnc(NCCCC(N)=O)c1. The molecule has 5 heteroatoms. The van der Waals surface area contributed by atoms with Crippen LogP contribution < -0.4 is 11.1 Å². The zero-order chi connectivity index (χ0) is 11.1. The summed E-state index contributed by atoms with van der Waals surface area (Å²) in [6.07, 6.45) is 2.58. The average Bonchev–Trinajstić information content (AvgIpc) is 2.24. The van der Waals surface area contributed by atoms with Crippen LogP contribution in [0.25, 0.3) is 0 Å². The van der Waals surface area contributed by atoms with Gasteiger partial charge in [0.15, 0.2) is 0 Å². The van der Waals surface area contributed by atoms with Gasteiger partial charge in [-0.15, -0.1) is 0 Å². The molecule has 1 rings (SSSR count). The van der Waals surface area contributed by atoms with Crippen LogP contribution in [0.2, 0.25) is 0 Å². The maximum absolute atomic E-state index is 10.4. The van der Waals surface area contributed by atoms with E-state index >= 15 is 0 Å². The molecule has 0 atom stereocenters. The van der Waals surface area contributed by atoms with Crippen molar-refractivity contribution >= 4 is 11.7 Å². The van der Waals surface area contributed by atoms with Gasteiger partial charge in [0.05, 0.1) is 11.6 Å². The molecule has 0 aliphatic rings. The Hall–Kier alpha value is -2.09. The maximum atomic E-state index is 10.4. The van der Waals surface area contributed by atoms with E-state index < -0.39 is 0 Å². The zero-order valence-corrected chi connectivity index (χ0v) is 8.23. The number of nitrogens with one attached hydrogen (secondary N) is 1. The van der Waals surface area contributed by atoms with Gasteiger partial charge in [0, 0.05) is 19.2 Å². The Kier molecular flexibility index (Phi) is 4.10. The lowest BCUT2D eigenvalue weighted by Crippen LogP contribution is -2.12. The highest BCUT2D eigenvalue weighted by molar-refractivity contribution is 5.73. The summed E-state index contributed by atoms with van der Waals surface area (Å²) in [4.78, 5) is 14.5. The first kappa shape index (κ1) is 11.0. The molecule has 0 spiro atoms. The number of carbonyl (C=O) groups is 1. The van der Waals surface area contributed by atoms with E-state index in [1.807, 2.05) is 6.07 Å². The van der Waals surface area contributed by atoms with Gasteiger partial charge in [-0.1, -0.05) is 0 Å². The number of pyridine rings is 1. The summed E-state index contributed by atoms with van der Waals surface area (Å²) in [5.41, 5.74) is 5.55. The highest BCUT2D eigenvalue weighted by Crippen LogP contribution is 2.05. The fourth-order valence-electron chi connectivity index (χ4n) is 1.08. The van der Waals surface area contributed by atoms with Crippen molar-refractivity contribution < 1.29 is 4.79 Å². The summed E-state index contributed by atoms with van der Waals surface area (Å²) in [7, 11) is 0. The van der Waals surface area contributed by atoms with Gasteiger partial charge >= 0.3 is 0 Å². The van der Waals surface area contributed by atoms with Crippen molar-refractivity contribution in [2.45, 2.75) is 12.8 Å². The Bertz CT molecular complexity index is 383. The minimum atomic E-state index is -0.310. The zero-order valence-electron chi connectivity index (χ0n) is 8.23. The van der Waals surface area contributed by atoms with E-state index in [1.54, 1.807) is 18.3 Å². The van der Waals surface area contributed by atoms with Crippen LogP contribution in [0.5, 0.6) is 0 Å². The molecule has 1 heterocycles. The number of nitriles is 1. The van der Waals surface area contributed by atoms with Crippen molar-refractivity contribution in [1.82, 2.24) is 4.98 Å². The molecule has 3 N–H and O–H groups in total. The van der Waals surface area contributed by atoms with Crippen LogP contribution in [0.4, 0.5) is 5.82 Å². The second kappa shape index (κ2) is 5.60. The van der Waals surface area contributed by atoms with Gasteiger partial charge in [-0.05, 0) is 18.6 Å². The summed E-state index contributed by atoms with van der Waals surface area (Å²) in [6, 6.07) is 5.31. The summed E-state index contributed by atoms with van der Waals surface area (Å²) in [6.45, 7) is 0.616. The molecule has 1 aromatic rings. The van der Waals surface area contributed by atoms with Crippen LogP contribution in [-0.4, -0.2) is 17.4 Å². The molecule has 0 unspecified atom stereocenters. The number of aromatic nitrogens is 1. The van der Waals surface area contributed by atoms with Crippen LogP contribution in [0.1, 0.15) is 18.4 Å². The summed E-state index contributed by atoms with van der Waals surface area (Å²) in [5, 5.41) is 11.6. The molecule has 0 saturated heterocycles. The molecule has 0 aliphatic carbocycles. The van der Waals surface area contributed by atoms with Gasteiger partial charge in [0.1, 0.15) is 5.82 Å². The molecule has 1 amide bonds. The first-order valence-corrected chi connectivity index (χ1v) is 4.60. The van der Waals surface area contributed by atoms with Crippen LogP contribution in [-0.2, 0) is 4.79 Å². The standard InChI is InChI=1S/C10H12N4O/c11-7-8-3-5-14-10(6-8)13-4-1-2-9(12)15/h3,5-6H,1-2,4H2,(H2,12,15)(H,13,14). The Morgan fingerprint density at radius 3 is 3.13 bits per heavy atom. The second-order valence-corrected chi connectivity index (χ2v) is 3.04. The molecule has 78 valence electrons. The smallest absolute Gasteiger partial charge is 0.217 e. The van der Waals surface area contributed by atoms with Gasteiger partial charge < -0.3 is 11.1 Å². The van der Waals surface area contributed by atoms with Crippen molar-refractivity contribution in [3.63, 3.8) is 0 Å². The number of primary amides is 1. The Balaban J connectivity index is 2.38. The summed E-state index contributed by atoms with van der Waals surface area (Å²) >= 11 is 0. The molecule has 0 fully saturated rings. The number of anilines is 1. The molecule has 0 bridgehead atoms. The summed E-state index contributed by atoms with van der Waals surface area (Å²) in [5.74, 6) is 0.328. The number of nitrogens with zero attached hydrogens (tertiary/aromatic N) is 2. The van der Waals surface area contributed by atoms with Crippen LogP contribution >= 0.6 is 0 Å². The topological polar surface area (TPSA) is 91.8 Å². The molecule has 5 nitrogen and oxygen atoms in total. The van der Waals surface area contributed by atoms with E-state index in [4.69, 9.17) is 11.0 Å². The van der Waals surface area contributed by atoms with Gasteiger partial charge in [0.2, 0.25) is 5.91 Å². The molecule has 1 aromatic heterocycles. The van der Waals surface area contributed by atoms with Crippen molar-refractivity contribution in [2.24, 2.45) is 5.73 Å². The van der Waals surface area contributed by atoms with E-state index in [2.05, 4.69) is 10.3 Å². The molecular weight excluding hydrogens is 192 g/mol. The van der Waals surface area contributed by atoms with Gasteiger partial charge in [-0.25, -0.2) is 4.98 Å². The maximum Gasteiger partial charge on any atom is 0.217 e. The third-order valence-corrected chi connectivity index (χ3v) is 1.80. The minimum Gasteiger partial charge on any atom is -0.370 e. The lowest BCUT2D eigenvalue weighted by atomic mass is 10.2. The first-order valence-electron chi connectivity index (χ1n) is 4.60. The Morgan fingerprint density at radius 2 is 2.47 bits per heavy atom. The molecule has 0 radical (unpaired) electrons. The van der Waals surface area contributed by atoms with Crippen molar-refractivity contribution in [2.75, 3.05) is 11.9 Å². The fraction of sp³-hybridized carbons (Fsp3) is 0.300. The highest BCUT2D eigenvalue weighted by atomic mass is 16.1.